The van der Waals surface area contributed by atoms with Gasteiger partial charge >= 0.3 is 6.18 Å². The molecule has 10 nitrogen and oxygen atoms in total. The number of benzene rings is 1. The number of aromatic nitrogens is 6. The zero-order chi connectivity index (χ0) is 27.2. The fourth-order valence-corrected chi connectivity index (χ4v) is 4.40. The highest BCUT2D eigenvalue weighted by atomic mass is 35.5. The van der Waals surface area contributed by atoms with E-state index in [4.69, 9.17) is 16.3 Å². The Morgan fingerprint density at radius 3 is 2.58 bits per heavy atom. The molecule has 5 rings (SSSR count). The summed E-state index contributed by atoms with van der Waals surface area (Å²) >= 11 is 6.71. The summed E-state index contributed by atoms with van der Waals surface area (Å²) in [6.45, 7) is 0.337. The number of halogens is 4. The smallest absolute Gasteiger partial charge is 0.416 e. The second-order valence-electron chi connectivity index (χ2n) is 8.81. The van der Waals surface area contributed by atoms with Crippen LogP contribution in [0.5, 0.6) is 11.5 Å². The van der Waals surface area contributed by atoms with E-state index in [0.717, 1.165) is 12.1 Å². The van der Waals surface area contributed by atoms with Crippen LogP contribution in [0.4, 0.5) is 30.6 Å². The van der Waals surface area contributed by atoms with Gasteiger partial charge in [-0.15, -0.1) is 0 Å². The number of rotatable bonds is 7. The van der Waals surface area contributed by atoms with E-state index >= 15 is 0 Å². The number of nitrogens with one attached hydrogen (secondary N) is 2. The molecule has 14 heteroatoms. The van der Waals surface area contributed by atoms with E-state index in [0.29, 0.717) is 40.4 Å². The Morgan fingerprint density at radius 2 is 1.87 bits per heavy atom. The normalized spacial score (nSPS) is 12.0. The fraction of sp³-hybridized carbons (Fsp3) is 0.250. The number of ether oxygens (including phenoxy) is 1. The molecule has 5 aromatic rings. The van der Waals surface area contributed by atoms with Crippen molar-refractivity contribution in [3.63, 3.8) is 0 Å². The monoisotopic (exact) mass is 545 g/mol. The molecule has 0 fully saturated rings. The Kier molecular flexibility index (Phi) is 6.49. The quantitative estimate of drug-likeness (QED) is 0.283. The van der Waals surface area contributed by atoms with Gasteiger partial charge in [-0.05, 0) is 37.9 Å². The molecule has 0 aliphatic heterocycles. The third kappa shape index (κ3) is 4.77. The van der Waals surface area contributed by atoms with Crippen molar-refractivity contribution in [3.05, 3.63) is 59.1 Å². The van der Waals surface area contributed by atoms with E-state index in [1.807, 2.05) is 0 Å². The van der Waals surface area contributed by atoms with Crippen LogP contribution in [-0.2, 0) is 19.8 Å². The van der Waals surface area contributed by atoms with Gasteiger partial charge in [-0.25, -0.2) is 14.5 Å². The van der Waals surface area contributed by atoms with Crippen LogP contribution in [0.3, 0.4) is 0 Å². The molecule has 0 saturated carbocycles. The van der Waals surface area contributed by atoms with Gasteiger partial charge in [0, 0.05) is 38.7 Å². The third-order valence-corrected chi connectivity index (χ3v) is 6.10. The standard InChI is InChI=1S/C24H23ClF3N9O/c1-29-21-19-17(11-32-37(19)6-5-30-21)38-16-10-31-22-20(18(16)25)36(4)23(34-22)33-15-8-13(12-35(2)3)7-14(9-15)24(26,27)28/h5-11H,12H2,1-4H3,(H,29,30)(H,31,33,34). The lowest BCUT2D eigenvalue weighted by Gasteiger charge is -2.16. The van der Waals surface area contributed by atoms with Crippen LogP contribution in [0.1, 0.15) is 11.1 Å². The Balaban J connectivity index is 1.51. The first-order valence-electron chi connectivity index (χ1n) is 11.4. The molecule has 0 spiro atoms. The first kappa shape index (κ1) is 25.5. The zero-order valence-electron chi connectivity index (χ0n) is 20.8. The average Bonchev–Trinajstić information content (AvgIpc) is 3.41. The number of aryl methyl sites for hydroxylation is 1. The van der Waals surface area contributed by atoms with Crippen LogP contribution in [0.15, 0.2) is 43.0 Å². The number of alkyl halides is 3. The zero-order valence-corrected chi connectivity index (χ0v) is 21.6. The van der Waals surface area contributed by atoms with Crippen LogP contribution in [-0.4, -0.2) is 55.2 Å². The largest absolute Gasteiger partial charge is 0.450 e. The minimum absolute atomic E-state index is 0.227. The van der Waals surface area contributed by atoms with Gasteiger partial charge in [0.25, 0.3) is 0 Å². The molecule has 0 bridgehead atoms. The van der Waals surface area contributed by atoms with Crippen molar-refractivity contribution in [1.29, 1.82) is 0 Å². The molecule has 4 heterocycles. The first-order chi connectivity index (χ1) is 18.0. The summed E-state index contributed by atoms with van der Waals surface area (Å²) < 4.78 is 49.9. The maximum absolute atomic E-state index is 13.6. The van der Waals surface area contributed by atoms with Crippen molar-refractivity contribution in [2.45, 2.75) is 12.7 Å². The van der Waals surface area contributed by atoms with E-state index in [1.165, 1.54) is 12.4 Å². The molecule has 2 N–H and O–H groups in total. The van der Waals surface area contributed by atoms with Gasteiger partial charge in [-0.1, -0.05) is 11.6 Å². The maximum atomic E-state index is 13.6. The summed E-state index contributed by atoms with van der Waals surface area (Å²) in [7, 11) is 6.99. The molecule has 4 aromatic heterocycles. The van der Waals surface area contributed by atoms with Crippen molar-refractivity contribution < 1.29 is 17.9 Å². The summed E-state index contributed by atoms with van der Waals surface area (Å²) in [5.41, 5.74) is 1.33. The maximum Gasteiger partial charge on any atom is 0.416 e. The number of hydrogen-bond acceptors (Lipinski definition) is 8. The highest BCUT2D eigenvalue weighted by Crippen LogP contribution is 2.38. The summed E-state index contributed by atoms with van der Waals surface area (Å²) in [4.78, 5) is 14.9. The van der Waals surface area contributed by atoms with E-state index in [-0.39, 0.29) is 22.4 Å². The van der Waals surface area contributed by atoms with Crippen molar-refractivity contribution in [2.75, 3.05) is 31.8 Å². The highest BCUT2D eigenvalue weighted by Gasteiger charge is 2.31. The van der Waals surface area contributed by atoms with Gasteiger partial charge in [0.2, 0.25) is 5.95 Å². The van der Waals surface area contributed by atoms with Crippen molar-refractivity contribution in [1.82, 2.24) is 34.0 Å². The molecule has 0 amide bonds. The molecule has 0 unspecified atom stereocenters. The van der Waals surface area contributed by atoms with Crippen LogP contribution < -0.4 is 15.4 Å². The van der Waals surface area contributed by atoms with Gasteiger partial charge in [0.05, 0.1) is 18.0 Å². The molecule has 0 radical (unpaired) electrons. The highest BCUT2D eigenvalue weighted by molar-refractivity contribution is 6.36. The molecule has 0 aliphatic carbocycles. The Bertz CT molecular complexity index is 1650. The van der Waals surface area contributed by atoms with Gasteiger partial charge in [0.15, 0.2) is 28.5 Å². The Labute approximate surface area is 220 Å². The molecule has 198 valence electrons. The van der Waals surface area contributed by atoms with E-state index in [1.54, 1.807) is 60.6 Å². The van der Waals surface area contributed by atoms with Crippen molar-refractivity contribution in [2.24, 2.45) is 7.05 Å². The number of fused-ring (bicyclic) bond motifs is 2. The van der Waals surface area contributed by atoms with Crippen molar-refractivity contribution >= 4 is 45.7 Å². The van der Waals surface area contributed by atoms with Gasteiger partial charge < -0.3 is 24.8 Å². The summed E-state index contributed by atoms with van der Waals surface area (Å²) in [6.07, 6.45) is 1.76. The van der Waals surface area contributed by atoms with Gasteiger partial charge in [0.1, 0.15) is 10.5 Å². The van der Waals surface area contributed by atoms with E-state index in [9.17, 15) is 13.2 Å². The number of anilines is 3. The predicted octanol–water partition coefficient (Wildman–Crippen LogP) is 5.32. The molecule has 0 aliphatic rings. The summed E-state index contributed by atoms with van der Waals surface area (Å²) in [6, 6.07) is 3.83. The van der Waals surface area contributed by atoms with E-state index < -0.39 is 11.7 Å². The van der Waals surface area contributed by atoms with Crippen molar-refractivity contribution in [3.8, 4) is 11.5 Å². The molecule has 0 atom stereocenters. The summed E-state index contributed by atoms with van der Waals surface area (Å²) in [5.74, 6) is 1.48. The number of imidazole rings is 1. The van der Waals surface area contributed by atoms with Gasteiger partial charge in [-0.3, -0.25) is 0 Å². The topological polar surface area (TPSA) is 97.4 Å². The van der Waals surface area contributed by atoms with Crippen LogP contribution in [0, 0.1) is 0 Å². The molecule has 1 aromatic carbocycles. The lowest BCUT2D eigenvalue weighted by atomic mass is 10.1. The molecular weight excluding hydrogens is 523 g/mol. The number of hydrogen-bond donors (Lipinski definition) is 2. The van der Waals surface area contributed by atoms with Gasteiger partial charge in [-0.2, -0.15) is 23.3 Å². The minimum atomic E-state index is -4.50. The third-order valence-electron chi connectivity index (χ3n) is 5.73. The second-order valence-corrected chi connectivity index (χ2v) is 9.19. The number of pyridine rings is 1. The molecule has 38 heavy (non-hydrogen) atoms. The molecule has 0 saturated heterocycles. The van der Waals surface area contributed by atoms with Crippen LogP contribution in [0.2, 0.25) is 5.02 Å². The Hall–Kier alpha value is -4.10. The summed E-state index contributed by atoms with van der Waals surface area (Å²) in [5, 5.41) is 10.5. The first-order valence-corrected chi connectivity index (χ1v) is 11.7. The lowest BCUT2D eigenvalue weighted by molar-refractivity contribution is -0.137. The van der Waals surface area contributed by atoms with Crippen LogP contribution in [0.25, 0.3) is 16.7 Å². The van der Waals surface area contributed by atoms with E-state index in [2.05, 4.69) is 30.7 Å². The van der Waals surface area contributed by atoms with Crippen LogP contribution >= 0.6 is 11.6 Å². The molecular formula is C24H23ClF3N9O. The lowest BCUT2D eigenvalue weighted by Crippen LogP contribution is -2.13. The SMILES string of the molecule is CNc1nccn2ncc(Oc3cnc4nc(Nc5cc(CN(C)C)cc(C(F)(F)F)c5)n(C)c4c3Cl)c12. The average molecular weight is 546 g/mol. The second kappa shape index (κ2) is 9.65. The minimum Gasteiger partial charge on any atom is -0.450 e. The number of nitrogens with zero attached hydrogens (tertiary/aromatic N) is 7. The predicted molar refractivity (Wildman–Crippen MR) is 138 cm³/mol. The Morgan fingerprint density at radius 1 is 1.08 bits per heavy atom. The fourth-order valence-electron chi connectivity index (χ4n) is 4.10.